The molecule has 5 nitrogen and oxygen atoms in total. The van der Waals surface area contributed by atoms with Gasteiger partial charge in [0.2, 0.25) is 5.91 Å². The minimum absolute atomic E-state index is 0.00769. The number of hydrogen-bond donors (Lipinski definition) is 2. The second-order valence-corrected chi connectivity index (χ2v) is 5.04. The molecule has 0 bridgehead atoms. The maximum atomic E-state index is 11.8. The summed E-state index contributed by atoms with van der Waals surface area (Å²) in [7, 11) is 0. The number of nitrogens with one attached hydrogen (secondary N) is 1. The smallest absolute Gasteiger partial charge is 0.253 e. The molecule has 2 rings (SSSR count). The molecule has 0 aliphatic carbocycles. The number of fused-ring (bicyclic) bond motifs is 1. The molecule has 0 saturated carbocycles. The molecule has 0 radical (unpaired) electrons. The van der Waals surface area contributed by atoms with E-state index in [2.05, 4.69) is 5.32 Å². The fourth-order valence-electron chi connectivity index (χ4n) is 1.96. The maximum Gasteiger partial charge on any atom is 0.253 e. The van der Waals surface area contributed by atoms with E-state index in [1.54, 1.807) is 16.7 Å². The zero-order valence-corrected chi connectivity index (χ0v) is 10.0. The third-order valence-corrected chi connectivity index (χ3v) is 4.23. The standard InChI is InChI=1S/C10H14N2O3S/c1-5-7(3-13)4-16-10-8(11-6(2)14)9(15)12(5)10/h8,10,13H,3-4H2,1-2H3,(H,11,14). The number of β-lactam (4-membered cyclic amide) rings is 1. The first-order valence-electron chi connectivity index (χ1n) is 5.07. The molecule has 2 amide bonds. The molecule has 0 aromatic heterocycles. The highest BCUT2D eigenvalue weighted by atomic mass is 32.2. The summed E-state index contributed by atoms with van der Waals surface area (Å²) in [6.07, 6.45) is 0. The number of allylic oxidation sites excluding steroid dienone is 1. The summed E-state index contributed by atoms with van der Waals surface area (Å²) in [5.41, 5.74) is 1.72. The molecule has 88 valence electrons. The van der Waals surface area contributed by atoms with Gasteiger partial charge in [0.25, 0.3) is 5.91 Å². The normalized spacial score (nSPS) is 28.7. The van der Waals surface area contributed by atoms with E-state index < -0.39 is 6.04 Å². The Bertz CT molecular complexity index is 380. The van der Waals surface area contributed by atoms with E-state index in [9.17, 15) is 9.59 Å². The van der Waals surface area contributed by atoms with Crippen molar-refractivity contribution in [2.75, 3.05) is 12.4 Å². The molecule has 2 atom stereocenters. The summed E-state index contributed by atoms with van der Waals surface area (Å²) in [5, 5.41) is 11.7. The Morgan fingerprint density at radius 2 is 2.38 bits per heavy atom. The van der Waals surface area contributed by atoms with Gasteiger partial charge in [0.1, 0.15) is 11.4 Å². The average Bonchev–Trinajstić information content (AvgIpc) is 2.25. The summed E-state index contributed by atoms with van der Waals surface area (Å²) in [4.78, 5) is 24.4. The van der Waals surface area contributed by atoms with Crippen LogP contribution in [0.3, 0.4) is 0 Å². The highest BCUT2D eigenvalue weighted by Crippen LogP contribution is 2.39. The average molecular weight is 242 g/mol. The van der Waals surface area contributed by atoms with Crippen molar-refractivity contribution in [3.63, 3.8) is 0 Å². The summed E-state index contributed by atoms with van der Waals surface area (Å²) in [6.45, 7) is 3.23. The molecule has 2 aliphatic rings. The molecule has 2 heterocycles. The molecular weight excluding hydrogens is 228 g/mol. The summed E-state index contributed by atoms with van der Waals surface area (Å²) >= 11 is 1.58. The Kier molecular flexibility index (Phi) is 2.94. The number of carbonyl (C=O) groups excluding carboxylic acids is 2. The van der Waals surface area contributed by atoms with Gasteiger partial charge in [-0.1, -0.05) is 0 Å². The number of amides is 2. The highest BCUT2D eigenvalue weighted by Gasteiger charge is 2.51. The van der Waals surface area contributed by atoms with E-state index in [1.807, 2.05) is 6.92 Å². The molecule has 16 heavy (non-hydrogen) atoms. The number of rotatable bonds is 2. The van der Waals surface area contributed by atoms with E-state index in [4.69, 9.17) is 5.11 Å². The van der Waals surface area contributed by atoms with Crippen molar-refractivity contribution in [1.82, 2.24) is 10.2 Å². The van der Waals surface area contributed by atoms with Crippen molar-refractivity contribution in [2.45, 2.75) is 25.3 Å². The zero-order chi connectivity index (χ0) is 11.9. The second-order valence-electron chi connectivity index (χ2n) is 3.94. The SMILES string of the molecule is CC(=O)NC1C(=O)N2C(C)=C(CO)CSC12. The Labute approximate surface area is 97.9 Å². The Morgan fingerprint density at radius 3 is 2.94 bits per heavy atom. The number of aliphatic hydroxyl groups excluding tert-OH is 1. The molecule has 0 aromatic carbocycles. The summed E-state index contributed by atoms with van der Waals surface area (Å²) < 4.78 is 0. The van der Waals surface area contributed by atoms with Gasteiger partial charge in [0, 0.05) is 18.4 Å². The number of aliphatic hydroxyl groups is 1. The number of nitrogens with zero attached hydrogens (tertiary/aromatic N) is 1. The van der Waals surface area contributed by atoms with Gasteiger partial charge in [0.05, 0.1) is 6.61 Å². The lowest BCUT2D eigenvalue weighted by Crippen LogP contribution is -2.69. The van der Waals surface area contributed by atoms with E-state index >= 15 is 0 Å². The van der Waals surface area contributed by atoms with Crippen LogP contribution in [-0.2, 0) is 9.59 Å². The van der Waals surface area contributed by atoms with E-state index in [0.29, 0.717) is 5.75 Å². The number of carbonyl (C=O) groups is 2. The largest absolute Gasteiger partial charge is 0.392 e. The van der Waals surface area contributed by atoms with Gasteiger partial charge in [-0.05, 0) is 12.5 Å². The van der Waals surface area contributed by atoms with Crippen LogP contribution in [0, 0.1) is 0 Å². The van der Waals surface area contributed by atoms with Crippen molar-refractivity contribution in [2.24, 2.45) is 0 Å². The van der Waals surface area contributed by atoms with Crippen LogP contribution in [0.25, 0.3) is 0 Å². The topological polar surface area (TPSA) is 69.6 Å². The predicted octanol–water partition coefficient (Wildman–Crippen LogP) is -0.327. The Morgan fingerprint density at radius 1 is 1.69 bits per heavy atom. The molecule has 2 N–H and O–H groups in total. The first-order chi connectivity index (χ1) is 7.56. The van der Waals surface area contributed by atoms with Gasteiger partial charge in [-0.3, -0.25) is 14.5 Å². The van der Waals surface area contributed by atoms with Crippen LogP contribution in [0.5, 0.6) is 0 Å². The lowest BCUT2D eigenvalue weighted by atomic mass is 10.0. The first-order valence-corrected chi connectivity index (χ1v) is 6.12. The number of hydrogen-bond acceptors (Lipinski definition) is 4. The monoisotopic (exact) mass is 242 g/mol. The maximum absolute atomic E-state index is 11.8. The van der Waals surface area contributed by atoms with Crippen molar-refractivity contribution < 1.29 is 14.7 Å². The van der Waals surface area contributed by atoms with Gasteiger partial charge >= 0.3 is 0 Å². The second kappa shape index (κ2) is 4.10. The van der Waals surface area contributed by atoms with Crippen LogP contribution in [0.4, 0.5) is 0 Å². The van der Waals surface area contributed by atoms with Crippen molar-refractivity contribution in [3.05, 3.63) is 11.3 Å². The Hall–Kier alpha value is -1.01. The molecule has 6 heteroatoms. The molecule has 0 spiro atoms. The first kappa shape index (κ1) is 11.5. The van der Waals surface area contributed by atoms with Crippen LogP contribution >= 0.6 is 11.8 Å². The van der Waals surface area contributed by atoms with Gasteiger partial charge in [0.15, 0.2) is 0 Å². The fraction of sp³-hybridized carbons (Fsp3) is 0.600. The molecule has 2 aliphatic heterocycles. The third kappa shape index (κ3) is 1.62. The van der Waals surface area contributed by atoms with Gasteiger partial charge in [-0.2, -0.15) is 0 Å². The van der Waals surface area contributed by atoms with Gasteiger partial charge in [-0.25, -0.2) is 0 Å². The highest BCUT2D eigenvalue weighted by molar-refractivity contribution is 8.00. The van der Waals surface area contributed by atoms with Crippen LogP contribution in [0.1, 0.15) is 13.8 Å². The van der Waals surface area contributed by atoms with Crippen LogP contribution in [-0.4, -0.2) is 45.6 Å². The lowest BCUT2D eigenvalue weighted by Gasteiger charge is -2.50. The van der Waals surface area contributed by atoms with E-state index in [-0.39, 0.29) is 23.8 Å². The number of thioether (sulfide) groups is 1. The molecule has 1 saturated heterocycles. The van der Waals surface area contributed by atoms with Crippen molar-refractivity contribution in [1.29, 1.82) is 0 Å². The third-order valence-electron chi connectivity index (χ3n) is 2.89. The van der Waals surface area contributed by atoms with Crippen LogP contribution < -0.4 is 5.32 Å². The van der Waals surface area contributed by atoms with E-state index in [1.165, 1.54) is 6.92 Å². The molecule has 1 fully saturated rings. The van der Waals surface area contributed by atoms with E-state index in [0.717, 1.165) is 11.3 Å². The lowest BCUT2D eigenvalue weighted by molar-refractivity contribution is -0.145. The van der Waals surface area contributed by atoms with Crippen LogP contribution in [0.2, 0.25) is 0 Å². The van der Waals surface area contributed by atoms with Crippen molar-refractivity contribution in [3.8, 4) is 0 Å². The zero-order valence-electron chi connectivity index (χ0n) is 9.19. The van der Waals surface area contributed by atoms with Crippen molar-refractivity contribution >= 4 is 23.6 Å². The summed E-state index contributed by atoms with van der Waals surface area (Å²) in [5.74, 6) is 0.441. The molecule has 0 aromatic rings. The summed E-state index contributed by atoms with van der Waals surface area (Å²) in [6, 6.07) is -0.405. The molecular formula is C10H14N2O3S. The fourth-order valence-corrected chi connectivity index (χ4v) is 3.42. The minimum Gasteiger partial charge on any atom is -0.392 e. The predicted molar refractivity (Wildman–Crippen MR) is 60.5 cm³/mol. The Balaban J connectivity index is 2.15. The quantitative estimate of drug-likeness (QED) is 0.651. The van der Waals surface area contributed by atoms with Crippen LogP contribution in [0.15, 0.2) is 11.3 Å². The van der Waals surface area contributed by atoms with Gasteiger partial charge in [-0.15, -0.1) is 11.8 Å². The molecule has 2 unspecified atom stereocenters. The van der Waals surface area contributed by atoms with Gasteiger partial charge < -0.3 is 10.4 Å². The minimum atomic E-state index is -0.405.